The van der Waals surface area contributed by atoms with Crippen LogP contribution in [0.25, 0.3) is 0 Å². The van der Waals surface area contributed by atoms with Crippen LogP contribution in [0.3, 0.4) is 0 Å². The van der Waals surface area contributed by atoms with Crippen LogP contribution in [0, 0.1) is 0 Å². The largest absolute Gasteiger partial charge is 0.351 e. The minimum Gasteiger partial charge on any atom is -0.351 e. The van der Waals surface area contributed by atoms with Gasteiger partial charge in [0.15, 0.2) is 0 Å². The zero-order chi connectivity index (χ0) is 12.8. The Morgan fingerprint density at radius 3 is 2.94 bits per heavy atom. The molecule has 1 heterocycles. The molecule has 0 spiro atoms. The number of halogens is 1. The van der Waals surface area contributed by atoms with Gasteiger partial charge in [-0.2, -0.15) is 11.8 Å². The molecular formula is C13H17BrN2OS. The van der Waals surface area contributed by atoms with E-state index in [-0.39, 0.29) is 5.91 Å². The van der Waals surface area contributed by atoms with Crippen LogP contribution in [0.5, 0.6) is 0 Å². The molecule has 1 saturated carbocycles. The van der Waals surface area contributed by atoms with Crippen molar-refractivity contribution in [3.8, 4) is 0 Å². The maximum atomic E-state index is 11.8. The van der Waals surface area contributed by atoms with Crippen molar-refractivity contribution in [3.05, 3.63) is 28.5 Å². The van der Waals surface area contributed by atoms with Gasteiger partial charge in [0.2, 0.25) is 0 Å². The van der Waals surface area contributed by atoms with E-state index in [4.69, 9.17) is 0 Å². The topological polar surface area (TPSA) is 42.0 Å². The van der Waals surface area contributed by atoms with Crippen molar-refractivity contribution in [2.45, 2.75) is 30.9 Å². The summed E-state index contributed by atoms with van der Waals surface area (Å²) in [5.74, 6) is 0.952. The van der Waals surface area contributed by atoms with Crippen LogP contribution >= 0.6 is 27.7 Å². The number of hydrogen-bond donors (Lipinski definition) is 1. The van der Waals surface area contributed by atoms with Gasteiger partial charge in [0.25, 0.3) is 5.91 Å². The van der Waals surface area contributed by atoms with E-state index in [2.05, 4.69) is 26.2 Å². The van der Waals surface area contributed by atoms with Gasteiger partial charge in [-0.3, -0.25) is 9.78 Å². The van der Waals surface area contributed by atoms with Crippen molar-refractivity contribution >= 4 is 33.6 Å². The van der Waals surface area contributed by atoms with Gasteiger partial charge in [-0.05, 0) is 34.8 Å². The molecule has 1 aliphatic rings. The molecule has 0 radical (unpaired) electrons. The molecule has 1 amide bonds. The van der Waals surface area contributed by atoms with Crippen molar-refractivity contribution in [1.29, 1.82) is 0 Å². The van der Waals surface area contributed by atoms with Crippen molar-refractivity contribution in [3.63, 3.8) is 0 Å². The molecule has 1 N–H and O–H groups in total. The highest BCUT2D eigenvalue weighted by Crippen LogP contribution is 2.28. The number of carbonyl (C=O) groups is 1. The Hall–Kier alpha value is -0.550. The fourth-order valence-corrected chi connectivity index (χ4v) is 3.67. The summed E-state index contributed by atoms with van der Waals surface area (Å²) in [5.41, 5.74) is 0.607. The Morgan fingerprint density at radius 1 is 1.44 bits per heavy atom. The summed E-state index contributed by atoms with van der Waals surface area (Å²) in [6.07, 6.45) is 8.68. The average Bonchev–Trinajstić information content (AvgIpc) is 2.87. The predicted octanol–water partition coefficient (Wildman–Crippen LogP) is 3.25. The molecule has 18 heavy (non-hydrogen) atoms. The van der Waals surface area contributed by atoms with Gasteiger partial charge >= 0.3 is 0 Å². The highest BCUT2D eigenvalue weighted by atomic mass is 79.9. The van der Waals surface area contributed by atoms with Gasteiger partial charge in [0, 0.05) is 34.4 Å². The molecule has 98 valence electrons. The van der Waals surface area contributed by atoms with E-state index in [1.54, 1.807) is 18.5 Å². The van der Waals surface area contributed by atoms with Gasteiger partial charge in [0.1, 0.15) is 0 Å². The first kappa shape index (κ1) is 13.9. The molecule has 0 aromatic carbocycles. The second-order valence-corrected chi connectivity index (χ2v) is 6.75. The molecule has 0 bridgehead atoms. The van der Waals surface area contributed by atoms with E-state index in [9.17, 15) is 4.79 Å². The number of nitrogens with one attached hydrogen (secondary N) is 1. The van der Waals surface area contributed by atoms with Crippen molar-refractivity contribution < 1.29 is 4.79 Å². The Bertz CT molecular complexity index is 408. The summed E-state index contributed by atoms with van der Waals surface area (Å²) in [7, 11) is 0. The minimum absolute atomic E-state index is 0.0455. The van der Waals surface area contributed by atoms with Crippen LogP contribution in [0.4, 0.5) is 0 Å². The van der Waals surface area contributed by atoms with Gasteiger partial charge in [-0.1, -0.05) is 12.8 Å². The Labute approximate surface area is 120 Å². The highest BCUT2D eigenvalue weighted by molar-refractivity contribution is 9.10. The van der Waals surface area contributed by atoms with Gasteiger partial charge < -0.3 is 5.32 Å². The molecule has 0 saturated heterocycles. The predicted molar refractivity (Wildman–Crippen MR) is 79.0 cm³/mol. The van der Waals surface area contributed by atoms with Crippen molar-refractivity contribution in [2.24, 2.45) is 0 Å². The molecule has 1 aromatic heterocycles. The number of rotatable bonds is 5. The fraction of sp³-hybridized carbons (Fsp3) is 0.538. The molecule has 0 atom stereocenters. The molecular weight excluding hydrogens is 312 g/mol. The van der Waals surface area contributed by atoms with Crippen LogP contribution < -0.4 is 5.32 Å². The monoisotopic (exact) mass is 328 g/mol. The number of aromatic nitrogens is 1. The van der Waals surface area contributed by atoms with Gasteiger partial charge in [-0.25, -0.2) is 0 Å². The quantitative estimate of drug-likeness (QED) is 0.843. The first-order valence-electron chi connectivity index (χ1n) is 6.26. The lowest BCUT2D eigenvalue weighted by Gasteiger charge is -2.09. The number of pyridine rings is 1. The van der Waals surface area contributed by atoms with E-state index in [0.29, 0.717) is 5.56 Å². The lowest BCUT2D eigenvalue weighted by molar-refractivity contribution is 0.0955. The number of hydrogen-bond acceptors (Lipinski definition) is 3. The van der Waals surface area contributed by atoms with E-state index >= 15 is 0 Å². The summed E-state index contributed by atoms with van der Waals surface area (Å²) < 4.78 is 0.829. The third-order valence-corrected chi connectivity index (χ3v) is 4.83. The van der Waals surface area contributed by atoms with E-state index in [1.807, 2.05) is 11.8 Å². The zero-order valence-corrected chi connectivity index (χ0v) is 12.6. The molecule has 0 unspecified atom stereocenters. The van der Waals surface area contributed by atoms with Gasteiger partial charge in [0.05, 0.1) is 5.56 Å². The smallest absolute Gasteiger partial charge is 0.252 e. The molecule has 1 aromatic rings. The van der Waals surface area contributed by atoms with Crippen LogP contribution in [0.15, 0.2) is 22.9 Å². The maximum Gasteiger partial charge on any atom is 0.252 e. The third-order valence-electron chi connectivity index (χ3n) is 3.01. The fourth-order valence-electron chi connectivity index (χ4n) is 2.08. The normalized spacial score (nSPS) is 15.8. The van der Waals surface area contributed by atoms with Crippen LogP contribution in [0.2, 0.25) is 0 Å². The average molecular weight is 329 g/mol. The minimum atomic E-state index is -0.0455. The molecule has 0 aliphatic heterocycles. The van der Waals surface area contributed by atoms with E-state index in [0.717, 1.165) is 22.0 Å². The van der Waals surface area contributed by atoms with Crippen molar-refractivity contribution in [2.75, 3.05) is 12.3 Å². The van der Waals surface area contributed by atoms with Gasteiger partial charge in [-0.15, -0.1) is 0 Å². The van der Waals surface area contributed by atoms with Crippen LogP contribution in [0.1, 0.15) is 36.0 Å². The maximum absolute atomic E-state index is 11.8. The Morgan fingerprint density at radius 2 is 2.22 bits per heavy atom. The second-order valence-electron chi connectivity index (χ2n) is 4.42. The highest BCUT2D eigenvalue weighted by Gasteiger charge is 2.14. The van der Waals surface area contributed by atoms with Crippen LogP contribution in [-0.4, -0.2) is 28.4 Å². The lowest BCUT2D eigenvalue weighted by atomic mass is 10.3. The number of amides is 1. The standard InChI is InChI=1S/C13H17BrN2OS/c14-11-7-10(8-15-9-11)13(17)16-5-6-18-12-3-1-2-4-12/h7-9,12H,1-6H2,(H,16,17). The SMILES string of the molecule is O=C(NCCSC1CCCC1)c1cncc(Br)c1. The van der Waals surface area contributed by atoms with E-state index < -0.39 is 0 Å². The van der Waals surface area contributed by atoms with E-state index in [1.165, 1.54) is 25.7 Å². The molecule has 3 nitrogen and oxygen atoms in total. The second kappa shape index (κ2) is 7.14. The summed E-state index contributed by atoms with van der Waals surface area (Å²) in [4.78, 5) is 15.8. The van der Waals surface area contributed by atoms with Crippen LogP contribution in [-0.2, 0) is 0 Å². The number of carbonyl (C=O) groups excluding carboxylic acids is 1. The summed E-state index contributed by atoms with van der Waals surface area (Å²) in [6, 6.07) is 1.78. The molecule has 2 rings (SSSR count). The number of thioether (sulfide) groups is 1. The molecule has 1 aliphatic carbocycles. The zero-order valence-electron chi connectivity index (χ0n) is 10.2. The third kappa shape index (κ3) is 4.28. The molecule has 1 fully saturated rings. The Balaban J connectivity index is 1.68. The summed E-state index contributed by atoms with van der Waals surface area (Å²) in [6.45, 7) is 0.729. The molecule has 5 heteroatoms. The lowest BCUT2D eigenvalue weighted by Crippen LogP contribution is -2.26. The van der Waals surface area contributed by atoms with Crippen molar-refractivity contribution in [1.82, 2.24) is 10.3 Å². The first-order valence-corrected chi connectivity index (χ1v) is 8.10. The number of nitrogens with zero attached hydrogens (tertiary/aromatic N) is 1. The first-order chi connectivity index (χ1) is 8.75. The summed E-state index contributed by atoms with van der Waals surface area (Å²) in [5, 5.41) is 3.74. The summed E-state index contributed by atoms with van der Waals surface area (Å²) >= 11 is 5.30. The Kier molecular flexibility index (Phi) is 5.50.